The minimum absolute atomic E-state index is 0.0667. The third kappa shape index (κ3) is 4.90. The van der Waals surface area contributed by atoms with Crippen LogP contribution in [0, 0.1) is 0 Å². The predicted molar refractivity (Wildman–Crippen MR) is 106 cm³/mol. The lowest BCUT2D eigenvalue weighted by atomic mass is 10.1. The Morgan fingerprint density at radius 1 is 1.11 bits per heavy atom. The molecule has 0 saturated heterocycles. The van der Waals surface area contributed by atoms with Gasteiger partial charge in [-0.1, -0.05) is 28.9 Å². The third-order valence-corrected chi connectivity index (χ3v) is 4.82. The molecule has 3 rings (SSSR count). The molecule has 0 saturated carbocycles. The van der Waals surface area contributed by atoms with Crippen molar-refractivity contribution in [2.75, 3.05) is 19.4 Å². The van der Waals surface area contributed by atoms with Gasteiger partial charge in [-0.2, -0.15) is 0 Å². The summed E-state index contributed by atoms with van der Waals surface area (Å²) in [6, 6.07) is 15.6. The second-order valence-electron chi connectivity index (χ2n) is 5.83. The summed E-state index contributed by atoms with van der Waals surface area (Å²) >= 11 is 7.08. The van der Waals surface area contributed by atoms with Gasteiger partial charge in [-0.25, -0.2) is 0 Å². The number of nitrogens with one attached hydrogen (secondary N) is 1. The van der Waals surface area contributed by atoms with Crippen LogP contribution >= 0.6 is 23.4 Å². The van der Waals surface area contributed by atoms with Gasteiger partial charge in [0.15, 0.2) is 11.5 Å². The predicted octanol–water partition coefficient (Wildman–Crippen LogP) is 5.02. The molecule has 6 nitrogen and oxygen atoms in total. The fourth-order valence-corrected chi connectivity index (χ4v) is 3.00. The van der Waals surface area contributed by atoms with Gasteiger partial charge in [0.25, 0.3) is 11.1 Å². The van der Waals surface area contributed by atoms with Gasteiger partial charge in [-0.05, 0) is 48.2 Å². The highest BCUT2D eigenvalue weighted by Crippen LogP contribution is 2.25. The van der Waals surface area contributed by atoms with Crippen molar-refractivity contribution in [3.05, 3.63) is 65.3 Å². The van der Waals surface area contributed by atoms with E-state index in [2.05, 4.69) is 10.5 Å². The molecule has 0 aliphatic rings. The molecule has 0 aliphatic carbocycles. The number of carbonyl (C=O) groups is 2. The normalized spacial score (nSPS) is 10.5. The minimum atomic E-state index is -0.392. The van der Waals surface area contributed by atoms with Gasteiger partial charge in [0.1, 0.15) is 0 Å². The molecule has 1 heterocycles. The molecular formula is C19H16ClN3O3S. The van der Waals surface area contributed by atoms with E-state index >= 15 is 0 Å². The van der Waals surface area contributed by atoms with E-state index in [9.17, 15) is 9.59 Å². The molecule has 0 bridgehead atoms. The lowest BCUT2D eigenvalue weighted by molar-refractivity contribution is 0.101. The number of benzene rings is 2. The second kappa shape index (κ2) is 8.28. The summed E-state index contributed by atoms with van der Waals surface area (Å²) in [5.74, 6) is 0.0633. The average molecular weight is 402 g/mol. The van der Waals surface area contributed by atoms with E-state index in [1.54, 1.807) is 62.6 Å². The molecule has 27 heavy (non-hydrogen) atoms. The zero-order valence-electron chi connectivity index (χ0n) is 14.6. The highest BCUT2D eigenvalue weighted by molar-refractivity contribution is 8.13. The number of hydrogen-bond acceptors (Lipinski definition) is 5. The number of rotatable bonds is 4. The summed E-state index contributed by atoms with van der Waals surface area (Å²) in [7, 11) is 3.39. The zero-order valence-corrected chi connectivity index (χ0v) is 16.2. The lowest BCUT2D eigenvalue weighted by Crippen LogP contribution is -2.16. The first-order chi connectivity index (χ1) is 12.9. The van der Waals surface area contributed by atoms with Gasteiger partial charge in [0, 0.05) is 41.3 Å². The number of carbonyl (C=O) groups excluding carboxylic acids is 2. The van der Waals surface area contributed by atoms with Gasteiger partial charge < -0.3 is 14.7 Å². The summed E-state index contributed by atoms with van der Waals surface area (Å²) in [6.07, 6.45) is 0. The van der Waals surface area contributed by atoms with Crippen LogP contribution in [0.2, 0.25) is 5.02 Å². The molecule has 0 fully saturated rings. The monoisotopic (exact) mass is 401 g/mol. The largest absolute Gasteiger partial charge is 0.355 e. The van der Waals surface area contributed by atoms with Crippen LogP contribution in [0.4, 0.5) is 10.5 Å². The summed E-state index contributed by atoms with van der Waals surface area (Å²) in [6.45, 7) is 0. The summed E-state index contributed by atoms with van der Waals surface area (Å²) in [4.78, 5) is 26.3. The maximum Gasteiger partial charge on any atom is 0.285 e. The molecule has 1 aromatic heterocycles. The fourth-order valence-electron chi connectivity index (χ4n) is 2.15. The maximum atomic E-state index is 12.4. The quantitative estimate of drug-likeness (QED) is 0.621. The molecule has 0 radical (unpaired) electrons. The number of hydrogen-bond donors (Lipinski definition) is 1. The van der Waals surface area contributed by atoms with Crippen LogP contribution < -0.4 is 5.32 Å². The molecule has 1 N–H and O–H groups in total. The molecule has 0 spiro atoms. The first kappa shape index (κ1) is 19.0. The molecular weight excluding hydrogens is 386 g/mol. The van der Waals surface area contributed by atoms with Crippen molar-refractivity contribution >= 4 is 40.2 Å². The number of nitrogens with zero attached hydrogens (tertiary/aromatic N) is 2. The Kier molecular flexibility index (Phi) is 5.83. The van der Waals surface area contributed by atoms with E-state index in [1.165, 1.54) is 4.90 Å². The number of aromatic nitrogens is 1. The summed E-state index contributed by atoms with van der Waals surface area (Å²) in [5.41, 5.74) is 1.49. The van der Waals surface area contributed by atoms with E-state index in [1.807, 2.05) is 6.07 Å². The Morgan fingerprint density at radius 2 is 1.85 bits per heavy atom. The van der Waals surface area contributed by atoms with Crippen molar-refractivity contribution in [1.29, 1.82) is 0 Å². The van der Waals surface area contributed by atoms with Crippen LogP contribution in [-0.2, 0) is 0 Å². The molecule has 2 aromatic carbocycles. The Hall–Kier alpha value is -2.77. The van der Waals surface area contributed by atoms with Crippen LogP contribution in [0.5, 0.6) is 0 Å². The van der Waals surface area contributed by atoms with E-state index < -0.39 is 5.91 Å². The maximum absolute atomic E-state index is 12.4. The Bertz CT molecular complexity index is 970. The third-order valence-electron chi connectivity index (χ3n) is 3.53. The Labute approximate surface area is 165 Å². The number of halogens is 1. The summed E-state index contributed by atoms with van der Waals surface area (Å²) < 4.78 is 5.23. The lowest BCUT2D eigenvalue weighted by Gasteiger charge is -2.09. The highest BCUT2D eigenvalue weighted by atomic mass is 35.5. The highest BCUT2D eigenvalue weighted by Gasteiger charge is 2.14. The van der Waals surface area contributed by atoms with Gasteiger partial charge in [-0.3, -0.25) is 9.59 Å². The van der Waals surface area contributed by atoms with E-state index in [-0.39, 0.29) is 10.9 Å². The van der Waals surface area contributed by atoms with Crippen molar-refractivity contribution in [1.82, 2.24) is 10.1 Å². The number of anilines is 1. The first-order valence-electron chi connectivity index (χ1n) is 7.95. The Morgan fingerprint density at radius 3 is 2.52 bits per heavy atom. The Balaban J connectivity index is 1.66. The van der Waals surface area contributed by atoms with Crippen molar-refractivity contribution in [3.8, 4) is 11.3 Å². The minimum Gasteiger partial charge on any atom is -0.355 e. The van der Waals surface area contributed by atoms with Crippen LogP contribution in [0.1, 0.15) is 10.5 Å². The van der Waals surface area contributed by atoms with Gasteiger partial charge in [-0.15, -0.1) is 0 Å². The number of thioether (sulfide) groups is 1. The average Bonchev–Trinajstić information content (AvgIpc) is 3.13. The standard InChI is InChI=1S/C19H16ClN3O3S/c1-23(2)19(25)27-15-8-6-14(7-9-15)21-18(24)16-11-17(26-22-16)12-4-3-5-13(20)10-12/h3-11H,1-2H3,(H,21,24). The van der Waals surface area contributed by atoms with E-state index in [0.29, 0.717) is 16.5 Å². The molecule has 8 heteroatoms. The molecule has 2 amide bonds. The van der Waals surface area contributed by atoms with Crippen molar-refractivity contribution in [2.45, 2.75) is 4.90 Å². The number of amides is 2. The van der Waals surface area contributed by atoms with Crippen molar-refractivity contribution < 1.29 is 14.1 Å². The van der Waals surface area contributed by atoms with Crippen molar-refractivity contribution in [2.24, 2.45) is 0 Å². The molecule has 138 valence electrons. The zero-order chi connectivity index (χ0) is 19.4. The van der Waals surface area contributed by atoms with Crippen LogP contribution in [0.3, 0.4) is 0 Å². The molecule has 0 unspecified atom stereocenters. The van der Waals surface area contributed by atoms with Crippen LogP contribution in [0.25, 0.3) is 11.3 Å². The second-order valence-corrected chi connectivity index (χ2v) is 7.29. The van der Waals surface area contributed by atoms with Gasteiger partial charge in [0.05, 0.1) is 0 Å². The van der Waals surface area contributed by atoms with E-state index in [0.717, 1.165) is 22.2 Å². The molecule has 0 aliphatic heterocycles. The van der Waals surface area contributed by atoms with Gasteiger partial charge >= 0.3 is 0 Å². The first-order valence-corrected chi connectivity index (χ1v) is 9.15. The topological polar surface area (TPSA) is 75.4 Å². The fraction of sp³-hybridized carbons (Fsp3) is 0.105. The SMILES string of the molecule is CN(C)C(=O)Sc1ccc(NC(=O)c2cc(-c3cccc(Cl)c3)on2)cc1. The summed E-state index contributed by atoms with van der Waals surface area (Å²) in [5, 5.41) is 7.06. The van der Waals surface area contributed by atoms with Crippen molar-refractivity contribution in [3.63, 3.8) is 0 Å². The van der Waals surface area contributed by atoms with Gasteiger partial charge in [0.2, 0.25) is 0 Å². The smallest absolute Gasteiger partial charge is 0.285 e. The van der Waals surface area contributed by atoms with Crippen LogP contribution in [-0.4, -0.2) is 35.3 Å². The molecule has 0 atom stereocenters. The van der Waals surface area contributed by atoms with E-state index in [4.69, 9.17) is 16.1 Å². The molecule has 3 aromatic rings. The van der Waals surface area contributed by atoms with Crippen LogP contribution in [0.15, 0.2) is 64.0 Å².